The fourth-order valence-electron chi connectivity index (χ4n) is 9.00. The van der Waals surface area contributed by atoms with E-state index in [2.05, 4.69) is 118 Å². The zero-order valence-electron chi connectivity index (χ0n) is 36.4. The predicted molar refractivity (Wildman–Crippen MR) is 248 cm³/mol. The summed E-state index contributed by atoms with van der Waals surface area (Å²) in [7, 11) is 0. The van der Waals surface area contributed by atoms with Gasteiger partial charge in [0.05, 0.1) is 0 Å². The van der Waals surface area contributed by atoms with E-state index in [0.717, 1.165) is 66.1 Å². The van der Waals surface area contributed by atoms with Crippen LogP contribution in [0.3, 0.4) is 0 Å². The first-order valence-corrected chi connectivity index (χ1v) is 22.3. The van der Waals surface area contributed by atoms with Crippen LogP contribution in [0.1, 0.15) is 91.4 Å². The van der Waals surface area contributed by atoms with Crippen molar-refractivity contribution in [2.45, 2.75) is 97.1 Å². The van der Waals surface area contributed by atoms with Crippen LogP contribution < -0.4 is 21.9 Å². The molecule has 305 valence electrons. The number of hydrogen-bond acceptors (Lipinski definition) is 5. The van der Waals surface area contributed by atoms with E-state index in [0.29, 0.717) is 19.1 Å². The molecule has 5 fully saturated rings. The van der Waals surface area contributed by atoms with E-state index in [-0.39, 0.29) is 24.3 Å². The molecule has 0 amide bonds. The summed E-state index contributed by atoms with van der Waals surface area (Å²) in [4.78, 5) is 0. The molecule has 0 saturated carbocycles. The zero-order chi connectivity index (χ0) is 39.5. The molecule has 0 aliphatic carbocycles. The maximum atomic E-state index is 4.94. The van der Waals surface area contributed by atoms with Crippen molar-refractivity contribution in [2.75, 3.05) is 66.1 Å². The fraction of sp³-hybridized carbons (Fsp3) is 0.520. The van der Waals surface area contributed by atoms with Crippen LogP contribution in [-0.4, -0.2) is 98.4 Å². The summed E-state index contributed by atoms with van der Waals surface area (Å²) >= 11 is 0. The number of rotatable bonds is 3. The van der Waals surface area contributed by atoms with E-state index in [9.17, 15) is 0 Å². The van der Waals surface area contributed by atoms with Gasteiger partial charge in [-0.3, -0.25) is 0 Å². The molecular formula is C50H68B2LiO5. The molecule has 5 nitrogen and oxygen atoms in total. The van der Waals surface area contributed by atoms with Crippen molar-refractivity contribution in [3.05, 3.63) is 97.1 Å². The van der Waals surface area contributed by atoms with Gasteiger partial charge in [-0.2, -0.15) is 0 Å². The standard InChI is InChI=1S/C30H28B2.5C4H8O.Li/c1-30(2,3)20-29(31-25-16-8-4-12-21(25)22-13-5-9-17-26(22)31)32-27-18-10-6-14-23(27)24-15-7-11-19-28(24)32;5*1-2-4-5-3-1;/h4-19,29H,20H2,1-3H3;5*1-4H2;. The van der Waals surface area contributed by atoms with Gasteiger partial charge in [0.25, 0.3) is 0 Å². The molecule has 0 unspecified atom stereocenters. The third kappa shape index (κ3) is 13.7. The van der Waals surface area contributed by atoms with Gasteiger partial charge < -0.3 is 23.7 Å². The predicted octanol–water partition coefficient (Wildman–Crippen LogP) is 8.51. The van der Waals surface area contributed by atoms with Gasteiger partial charge in [0.15, 0.2) is 0 Å². The molecule has 58 heavy (non-hydrogen) atoms. The maximum Gasteiger partial charge on any atom is 0.207 e. The first-order valence-electron chi connectivity index (χ1n) is 22.3. The van der Waals surface area contributed by atoms with E-state index in [1.54, 1.807) is 0 Å². The molecule has 0 N–H and O–H groups in total. The van der Waals surface area contributed by atoms with Gasteiger partial charge in [0.1, 0.15) is 0 Å². The first kappa shape index (κ1) is 46.5. The van der Waals surface area contributed by atoms with Crippen LogP contribution in [0.15, 0.2) is 97.1 Å². The Morgan fingerprint density at radius 1 is 0.379 bits per heavy atom. The normalized spacial score (nSPS) is 17.9. The van der Waals surface area contributed by atoms with E-state index in [1.807, 2.05) is 0 Å². The minimum Gasteiger partial charge on any atom is -0.381 e. The molecule has 8 heteroatoms. The summed E-state index contributed by atoms with van der Waals surface area (Å²) in [6.07, 6.45) is 14.0. The van der Waals surface area contributed by atoms with Gasteiger partial charge in [-0.15, -0.1) is 0 Å². The van der Waals surface area contributed by atoms with Crippen molar-refractivity contribution in [1.82, 2.24) is 0 Å². The molecule has 1 radical (unpaired) electrons. The van der Waals surface area contributed by atoms with Gasteiger partial charge >= 0.3 is 0 Å². The van der Waals surface area contributed by atoms with Crippen LogP contribution in [0.5, 0.6) is 0 Å². The Labute approximate surface area is 364 Å². The van der Waals surface area contributed by atoms with Crippen molar-refractivity contribution < 1.29 is 23.7 Å². The Kier molecular flexibility index (Phi) is 20.2. The molecule has 5 saturated heterocycles. The van der Waals surface area contributed by atoms with Crippen molar-refractivity contribution in [2.24, 2.45) is 5.41 Å². The summed E-state index contributed by atoms with van der Waals surface area (Å²) in [6, 6.07) is 36.4. The second-order valence-electron chi connectivity index (χ2n) is 17.3. The van der Waals surface area contributed by atoms with Gasteiger partial charge in [0, 0.05) is 84.9 Å². The van der Waals surface area contributed by atoms with Crippen molar-refractivity contribution >= 4 is 54.1 Å². The van der Waals surface area contributed by atoms with Crippen molar-refractivity contribution in [1.29, 1.82) is 0 Å². The fourth-order valence-corrected chi connectivity index (χ4v) is 9.00. The Morgan fingerprint density at radius 2 is 0.586 bits per heavy atom. The summed E-state index contributed by atoms with van der Waals surface area (Å²) in [5, 5.41) is 0. The Morgan fingerprint density at radius 3 is 0.759 bits per heavy atom. The smallest absolute Gasteiger partial charge is 0.207 e. The van der Waals surface area contributed by atoms with Crippen LogP contribution >= 0.6 is 0 Å². The second kappa shape index (κ2) is 25.2. The Bertz CT molecular complexity index is 1460. The molecule has 4 aromatic rings. The Hall–Kier alpha value is -2.59. The summed E-state index contributed by atoms with van der Waals surface area (Å²) in [5.74, 6) is 0. The molecule has 0 bridgehead atoms. The second-order valence-corrected chi connectivity index (χ2v) is 17.3. The van der Waals surface area contributed by atoms with Crippen LogP contribution in [-0.2, 0) is 23.7 Å². The topological polar surface area (TPSA) is 46.2 Å². The summed E-state index contributed by atoms with van der Waals surface area (Å²) in [5.41, 5.74) is 12.4. The average Bonchev–Trinajstić information content (AvgIpc) is 4.12. The Balaban J connectivity index is 0.000000196. The van der Waals surface area contributed by atoms with E-state index in [1.165, 1.54) is 115 Å². The molecule has 7 heterocycles. The van der Waals surface area contributed by atoms with E-state index in [4.69, 9.17) is 23.7 Å². The molecule has 4 aromatic carbocycles. The molecule has 7 aliphatic heterocycles. The number of fused-ring (bicyclic) bond motifs is 6. The largest absolute Gasteiger partial charge is 0.381 e. The maximum absolute atomic E-state index is 4.94. The molecule has 0 aromatic heterocycles. The van der Waals surface area contributed by atoms with Crippen LogP contribution in [0.4, 0.5) is 0 Å². The third-order valence-corrected chi connectivity index (χ3v) is 11.6. The molecule has 0 spiro atoms. The zero-order valence-corrected chi connectivity index (χ0v) is 36.4. The summed E-state index contributed by atoms with van der Waals surface area (Å²) in [6.45, 7) is 18.0. The molecule has 7 aliphatic rings. The number of benzene rings is 4. The van der Waals surface area contributed by atoms with Gasteiger partial charge in [-0.05, 0) is 91.9 Å². The monoisotopic (exact) mass is 778 g/mol. The average molecular weight is 778 g/mol. The SMILES string of the molecule is C1CCOC1.C1CCOC1.C1CCOC1.C1CCOC1.C1CCOC1.CC(C)(C)CC(B1c2ccccc2-c2ccccc21)B1c2ccccc2-c2ccccc21.[Li]. The van der Waals surface area contributed by atoms with Crippen LogP contribution in [0, 0.1) is 5.41 Å². The first-order chi connectivity index (χ1) is 28.0. The molecule has 0 atom stereocenters. The van der Waals surface area contributed by atoms with E-state index < -0.39 is 0 Å². The van der Waals surface area contributed by atoms with Gasteiger partial charge in [-0.1, -0.05) is 152 Å². The molecule has 11 rings (SSSR count). The van der Waals surface area contributed by atoms with Crippen LogP contribution in [0.2, 0.25) is 5.72 Å². The minimum absolute atomic E-state index is 0. The third-order valence-electron chi connectivity index (χ3n) is 11.6. The van der Waals surface area contributed by atoms with Crippen LogP contribution in [0.25, 0.3) is 22.3 Å². The molecular weight excluding hydrogens is 709 g/mol. The quantitative estimate of drug-likeness (QED) is 0.196. The van der Waals surface area contributed by atoms with E-state index >= 15 is 0 Å². The van der Waals surface area contributed by atoms with Crippen molar-refractivity contribution in [3.8, 4) is 22.3 Å². The number of ether oxygens (including phenoxy) is 5. The van der Waals surface area contributed by atoms with Gasteiger partial charge in [-0.25, -0.2) is 0 Å². The minimum atomic E-state index is 0. The number of hydrogen-bond donors (Lipinski definition) is 0. The van der Waals surface area contributed by atoms with Crippen molar-refractivity contribution in [3.63, 3.8) is 0 Å². The summed E-state index contributed by atoms with van der Waals surface area (Å²) < 4.78 is 24.7. The van der Waals surface area contributed by atoms with Gasteiger partial charge in [0.2, 0.25) is 13.4 Å².